The fourth-order valence-corrected chi connectivity index (χ4v) is 1.25. The van der Waals surface area contributed by atoms with Crippen LogP contribution in [0.3, 0.4) is 0 Å². The number of rotatable bonds is 3. The zero-order valence-corrected chi connectivity index (χ0v) is 7.26. The van der Waals surface area contributed by atoms with E-state index < -0.39 is 5.60 Å². The van der Waals surface area contributed by atoms with E-state index in [1.807, 2.05) is 13.8 Å². The van der Waals surface area contributed by atoms with Crippen LogP contribution < -0.4 is 0 Å². The van der Waals surface area contributed by atoms with E-state index in [2.05, 4.69) is 0 Å². The van der Waals surface area contributed by atoms with Gasteiger partial charge in [0, 0.05) is 12.5 Å². The van der Waals surface area contributed by atoms with Crippen LogP contribution in [0.1, 0.15) is 27.7 Å². The lowest BCUT2D eigenvalue weighted by atomic mass is 9.83. The molecule has 0 saturated heterocycles. The Morgan fingerprint density at radius 2 is 1.70 bits per heavy atom. The minimum atomic E-state index is -0.761. The maximum Gasteiger partial charge on any atom is 0.0644 e. The number of hydrogen-bond donors (Lipinski definition) is 2. The summed E-state index contributed by atoms with van der Waals surface area (Å²) >= 11 is 0. The Morgan fingerprint density at radius 1 is 1.30 bits per heavy atom. The molecule has 0 aromatic heterocycles. The van der Waals surface area contributed by atoms with Gasteiger partial charge in [-0.25, -0.2) is 0 Å². The molecule has 2 nitrogen and oxygen atoms in total. The Bertz CT molecular complexity index is 91.9. The van der Waals surface area contributed by atoms with E-state index in [1.54, 1.807) is 13.8 Å². The van der Waals surface area contributed by atoms with Crippen LogP contribution in [-0.4, -0.2) is 22.4 Å². The molecule has 0 saturated carbocycles. The van der Waals surface area contributed by atoms with Gasteiger partial charge in [0.05, 0.1) is 5.60 Å². The van der Waals surface area contributed by atoms with Crippen molar-refractivity contribution in [1.82, 2.24) is 0 Å². The second-order valence-electron chi connectivity index (χ2n) is 3.69. The molecule has 0 aromatic carbocycles. The van der Waals surface area contributed by atoms with E-state index in [0.717, 1.165) is 0 Å². The average Bonchev–Trinajstić information content (AvgIpc) is 1.60. The lowest BCUT2D eigenvalue weighted by Gasteiger charge is -2.30. The molecular formula is C8H18O2. The molecule has 0 fully saturated rings. The summed E-state index contributed by atoms with van der Waals surface area (Å²) in [5.74, 6) is 0.303. The summed E-state index contributed by atoms with van der Waals surface area (Å²) in [6, 6.07) is 0. The smallest absolute Gasteiger partial charge is 0.0644 e. The molecule has 0 spiro atoms. The highest BCUT2D eigenvalue weighted by atomic mass is 16.3. The topological polar surface area (TPSA) is 40.5 Å². The Labute approximate surface area is 62.9 Å². The van der Waals surface area contributed by atoms with E-state index in [1.165, 1.54) is 0 Å². The molecular weight excluding hydrogens is 128 g/mol. The van der Waals surface area contributed by atoms with Crippen LogP contribution in [-0.2, 0) is 0 Å². The third kappa shape index (κ3) is 2.67. The second kappa shape index (κ2) is 3.35. The highest BCUT2D eigenvalue weighted by Crippen LogP contribution is 2.23. The maximum atomic E-state index is 9.49. The highest BCUT2D eigenvalue weighted by Gasteiger charge is 2.28. The highest BCUT2D eigenvalue weighted by molar-refractivity contribution is 4.78. The minimum absolute atomic E-state index is 0.0208. The first kappa shape index (κ1) is 9.92. The molecule has 2 N–H and O–H groups in total. The third-order valence-corrected chi connectivity index (χ3v) is 1.91. The van der Waals surface area contributed by atoms with Gasteiger partial charge in [0.15, 0.2) is 0 Å². The molecule has 0 unspecified atom stereocenters. The Hall–Kier alpha value is -0.0800. The average molecular weight is 146 g/mol. The zero-order valence-electron chi connectivity index (χ0n) is 7.26. The molecule has 0 aliphatic carbocycles. The van der Waals surface area contributed by atoms with Crippen molar-refractivity contribution >= 4 is 0 Å². The first-order valence-corrected chi connectivity index (χ1v) is 3.72. The largest absolute Gasteiger partial charge is 0.396 e. The number of hydrogen-bond acceptors (Lipinski definition) is 2. The van der Waals surface area contributed by atoms with E-state index >= 15 is 0 Å². The van der Waals surface area contributed by atoms with Gasteiger partial charge in [-0.15, -0.1) is 0 Å². The van der Waals surface area contributed by atoms with Crippen LogP contribution in [0.4, 0.5) is 0 Å². The van der Waals surface area contributed by atoms with Gasteiger partial charge in [-0.3, -0.25) is 0 Å². The summed E-state index contributed by atoms with van der Waals surface area (Å²) in [5, 5.41) is 18.4. The van der Waals surface area contributed by atoms with Gasteiger partial charge in [0.25, 0.3) is 0 Å². The van der Waals surface area contributed by atoms with E-state index in [9.17, 15) is 5.11 Å². The molecule has 0 aliphatic rings. The molecule has 0 aromatic rings. The molecule has 2 heteroatoms. The quantitative estimate of drug-likeness (QED) is 0.624. The maximum absolute atomic E-state index is 9.49. The summed E-state index contributed by atoms with van der Waals surface area (Å²) < 4.78 is 0. The molecule has 10 heavy (non-hydrogen) atoms. The van der Waals surface area contributed by atoms with Crippen molar-refractivity contribution in [2.45, 2.75) is 33.3 Å². The van der Waals surface area contributed by atoms with Gasteiger partial charge >= 0.3 is 0 Å². The van der Waals surface area contributed by atoms with E-state index in [4.69, 9.17) is 5.11 Å². The van der Waals surface area contributed by atoms with Crippen molar-refractivity contribution in [3.8, 4) is 0 Å². The van der Waals surface area contributed by atoms with E-state index in [0.29, 0.717) is 5.92 Å². The molecule has 62 valence electrons. The van der Waals surface area contributed by atoms with Crippen LogP contribution in [0.15, 0.2) is 0 Å². The summed E-state index contributed by atoms with van der Waals surface area (Å²) in [5.41, 5.74) is -0.761. The normalized spacial score (nSPS) is 15.9. The molecule has 0 heterocycles. The summed E-state index contributed by atoms with van der Waals surface area (Å²) in [6.45, 7) is 7.51. The van der Waals surface area contributed by atoms with Crippen LogP contribution >= 0.6 is 0 Å². The standard InChI is InChI=1S/C8H18O2/c1-6(2)7(5-9)8(3,4)10/h6-7,9-10H,5H2,1-4H3/t7-/m1/s1. The van der Waals surface area contributed by atoms with Gasteiger partial charge in [0.1, 0.15) is 0 Å². The zero-order chi connectivity index (χ0) is 8.36. The van der Waals surface area contributed by atoms with Gasteiger partial charge in [-0.1, -0.05) is 13.8 Å². The van der Waals surface area contributed by atoms with E-state index in [-0.39, 0.29) is 12.5 Å². The molecule has 0 bridgehead atoms. The Balaban J connectivity index is 4.07. The second-order valence-corrected chi connectivity index (χ2v) is 3.69. The van der Waals surface area contributed by atoms with Gasteiger partial charge in [-0.2, -0.15) is 0 Å². The number of aliphatic hydroxyl groups is 2. The SMILES string of the molecule is CC(C)[C@@H](CO)C(C)(C)O. The minimum Gasteiger partial charge on any atom is -0.396 e. The van der Waals surface area contributed by atoms with Crippen molar-refractivity contribution in [2.24, 2.45) is 11.8 Å². The molecule has 0 aliphatic heterocycles. The summed E-state index contributed by atoms with van der Waals surface area (Å²) in [6.07, 6.45) is 0. The van der Waals surface area contributed by atoms with Crippen molar-refractivity contribution in [3.63, 3.8) is 0 Å². The summed E-state index contributed by atoms with van der Waals surface area (Å²) in [7, 11) is 0. The van der Waals surface area contributed by atoms with Gasteiger partial charge < -0.3 is 10.2 Å². The lowest BCUT2D eigenvalue weighted by molar-refractivity contribution is -0.0291. The lowest BCUT2D eigenvalue weighted by Crippen LogP contribution is -2.36. The van der Waals surface area contributed by atoms with Crippen molar-refractivity contribution in [3.05, 3.63) is 0 Å². The molecule has 0 rings (SSSR count). The predicted octanol–water partition coefficient (Wildman–Crippen LogP) is 1.02. The van der Waals surface area contributed by atoms with Gasteiger partial charge in [0.2, 0.25) is 0 Å². The Morgan fingerprint density at radius 3 is 1.70 bits per heavy atom. The molecule has 1 atom stereocenters. The van der Waals surface area contributed by atoms with Crippen molar-refractivity contribution in [1.29, 1.82) is 0 Å². The van der Waals surface area contributed by atoms with Crippen LogP contribution in [0.2, 0.25) is 0 Å². The van der Waals surface area contributed by atoms with Crippen LogP contribution in [0.5, 0.6) is 0 Å². The Kier molecular flexibility index (Phi) is 3.33. The monoisotopic (exact) mass is 146 g/mol. The molecule has 0 amide bonds. The van der Waals surface area contributed by atoms with Crippen LogP contribution in [0.25, 0.3) is 0 Å². The predicted molar refractivity (Wildman–Crippen MR) is 41.7 cm³/mol. The van der Waals surface area contributed by atoms with Gasteiger partial charge in [-0.05, 0) is 19.8 Å². The first-order valence-electron chi connectivity index (χ1n) is 3.72. The fraction of sp³-hybridized carbons (Fsp3) is 1.00. The summed E-state index contributed by atoms with van der Waals surface area (Å²) in [4.78, 5) is 0. The van der Waals surface area contributed by atoms with Crippen molar-refractivity contribution < 1.29 is 10.2 Å². The number of aliphatic hydroxyl groups excluding tert-OH is 1. The van der Waals surface area contributed by atoms with Crippen LogP contribution in [0, 0.1) is 11.8 Å². The first-order chi connectivity index (χ1) is 4.39. The fourth-order valence-electron chi connectivity index (χ4n) is 1.25. The van der Waals surface area contributed by atoms with Crippen molar-refractivity contribution in [2.75, 3.05) is 6.61 Å². The molecule has 0 radical (unpaired) electrons. The third-order valence-electron chi connectivity index (χ3n) is 1.91.